The Bertz CT molecular complexity index is 1370. The number of amides is 1. The van der Waals surface area contributed by atoms with Gasteiger partial charge in [0.15, 0.2) is 0 Å². The molecule has 0 radical (unpaired) electrons. The lowest BCUT2D eigenvalue weighted by Gasteiger charge is -2.34. The van der Waals surface area contributed by atoms with Gasteiger partial charge in [-0.1, -0.05) is 24.6 Å². The van der Waals surface area contributed by atoms with Crippen molar-refractivity contribution in [3.63, 3.8) is 0 Å². The number of aryl methyl sites for hydroxylation is 1. The van der Waals surface area contributed by atoms with E-state index in [9.17, 15) is 20.0 Å². The van der Waals surface area contributed by atoms with Gasteiger partial charge in [0, 0.05) is 24.1 Å². The van der Waals surface area contributed by atoms with E-state index in [0.717, 1.165) is 59.4 Å². The number of fused-ring (bicyclic) bond motifs is 3. The number of aliphatic carboxylic acids is 1. The molecule has 3 aromatic rings. The molecule has 2 heterocycles. The summed E-state index contributed by atoms with van der Waals surface area (Å²) in [6, 6.07) is 13.8. The molecule has 186 valence electrons. The lowest BCUT2D eigenvalue weighted by atomic mass is 9.85. The molecule has 1 aromatic heterocycles. The maximum absolute atomic E-state index is 12.6. The minimum absolute atomic E-state index is 0.00590. The van der Waals surface area contributed by atoms with Gasteiger partial charge in [0.1, 0.15) is 5.82 Å². The summed E-state index contributed by atoms with van der Waals surface area (Å²) in [6.45, 7) is 2.01. The highest BCUT2D eigenvalue weighted by Gasteiger charge is 2.34. The van der Waals surface area contributed by atoms with Crippen molar-refractivity contribution in [2.24, 2.45) is 5.92 Å². The van der Waals surface area contributed by atoms with Crippen LogP contribution < -0.4 is 4.90 Å². The standard InChI is InChI=1S/C28H30N4O4/c1-17-10-11-22-23(31(17)28(35)36-2)12-13-24-26(22)30-25(15-18-6-3-4-7-20(18)16-29)32(24)21-9-5-8-19(14-21)27(33)34/h3-4,6-7,12-13,17,19,21H,5,8-11,14-15H2,1-2H3,(H,33,34)/t17?,19-,21-/m1/s1. The van der Waals surface area contributed by atoms with E-state index in [1.807, 2.05) is 37.3 Å². The summed E-state index contributed by atoms with van der Waals surface area (Å²) < 4.78 is 7.27. The van der Waals surface area contributed by atoms with Gasteiger partial charge in [-0.2, -0.15) is 5.26 Å². The number of ether oxygens (including phenoxy) is 1. The van der Waals surface area contributed by atoms with E-state index in [0.29, 0.717) is 24.8 Å². The van der Waals surface area contributed by atoms with Crippen molar-refractivity contribution in [2.45, 2.75) is 64.0 Å². The van der Waals surface area contributed by atoms with E-state index in [4.69, 9.17) is 9.72 Å². The second-order valence-corrected chi connectivity index (χ2v) is 9.86. The molecule has 0 spiro atoms. The number of hydrogen-bond acceptors (Lipinski definition) is 5. The molecule has 1 unspecified atom stereocenters. The molecule has 1 aliphatic carbocycles. The molecule has 1 saturated carbocycles. The van der Waals surface area contributed by atoms with E-state index in [1.54, 1.807) is 11.0 Å². The predicted octanol–water partition coefficient (Wildman–Crippen LogP) is 5.22. The molecule has 5 rings (SSSR count). The highest BCUT2D eigenvalue weighted by atomic mass is 16.5. The van der Waals surface area contributed by atoms with Crippen LogP contribution in [0.4, 0.5) is 10.5 Å². The van der Waals surface area contributed by atoms with Gasteiger partial charge in [0.05, 0.1) is 41.4 Å². The number of carbonyl (C=O) groups excluding carboxylic acids is 1. The number of benzene rings is 2. The van der Waals surface area contributed by atoms with Crippen molar-refractivity contribution < 1.29 is 19.4 Å². The summed E-state index contributed by atoms with van der Waals surface area (Å²) in [6.07, 6.45) is 4.63. The fourth-order valence-electron chi connectivity index (χ4n) is 5.93. The number of anilines is 1. The third-order valence-corrected chi connectivity index (χ3v) is 7.75. The molecule has 8 heteroatoms. The second kappa shape index (κ2) is 9.65. The molecule has 2 aliphatic rings. The van der Waals surface area contributed by atoms with Crippen molar-refractivity contribution in [1.29, 1.82) is 5.26 Å². The predicted molar refractivity (Wildman–Crippen MR) is 135 cm³/mol. The van der Waals surface area contributed by atoms with E-state index in [2.05, 4.69) is 10.6 Å². The number of carboxylic acids is 1. The Morgan fingerprint density at radius 3 is 2.75 bits per heavy atom. The Kier molecular flexibility index (Phi) is 6.40. The topological polar surface area (TPSA) is 108 Å². The zero-order chi connectivity index (χ0) is 25.4. The van der Waals surface area contributed by atoms with Crippen molar-refractivity contribution in [2.75, 3.05) is 12.0 Å². The molecule has 1 N–H and O–H groups in total. The number of imidazole rings is 1. The second-order valence-electron chi connectivity index (χ2n) is 9.86. The van der Waals surface area contributed by atoms with Crippen molar-refractivity contribution in [3.8, 4) is 6.07 Å². The maximum Gasteiger partial charge on any atom is 0.414 e. The Labute approximate surface area is 210 Å². The van der Waals surface area contributed by atoms with Crippen LogP contribution in [0, 0.1) is 17.2 Å². The molecule has 1 amide bonds. The lowest BCUT2D eigenvalue weighted by molar-refractivity contribution is -0.143. The smallest absolute Gasteiger partial charge is 0.414 e. The van der Waals surface area contributed by atoms with Crippen LogP contribution in [0.25, 0.3) is 11.0 Å². The molecule has 0 bridgehead atoms. The van der Waals surface area contributed by atoms with Gasteiger partial charge in [-0.3, -0.25) is 9.69 Å². The Balaban J connectivity index is 1.68. The van der Waals surface area contributed by atoms with Crippen molar-refractivity contribution >= 4 is 28.8 Å². The van der Waals surface area contributed by atoms with Gasteiger partial charge < -0.3 is 14.4 Å². The molecule has 36 heavy (non-hydrogen) atoms. The van der Waals surface area contributed by atoms with Gasteiger partial charge in [-0.25, -0.2) is 9.78 Å². The maximum atomic E-state index is 12.6. The van der Waals surface area contributed by atoms with E-state index in [1.165, 1.54) is 7.11 Å². The number of rotatable bonds is 4. The normalized spacial score (nSPS) is 21.6. The molecular formula is C28H30N4O4. The largest absolute Gasteiger partial charge is 0.481 e. The summed E-state index contributed by atoms with van der Waals surface area (Å²) in [5.41, 5.74) is 5.12. The first-order valence-electron chi connectivity index (χ1n) is 12.5. The van der Waals surface area contributed by atoms with Crippen molar-refractivity contribution in [1.82, 2.24) is 9.55 Å². The molecule has 0 saturated heterocycles. The van der Waals surface area contributed by atoms with Crippen LogP contribution in [0.15, 0.2) is 36.4 Å². The highest BCUT2D eigenvalue weighted by molar-refractivity contribution is 5.95. The highest BCUT2D eigenvalue weighted by Crippen LogP contribution is 2.41. The SMILES string of the molecule is COC(=O)N1c2ccc3c(nc(Cc4ccccc4C#N)n3[C@@H]3CCC[C@@H](C(=O)O)C3)c2CCC1C. The zero-order valence-corrected chi connectivity index (χ0v) is 20.6. The number of aromatic nitrogens is 2. The molecular weight excluding hydrogens is 456 g/mol. The van der Waals surface area contributed by atoms with Gasteiger partial charge in [0.2, 0.25) is 0 Å². The number of methoxy groups -OCH3 is 1. The van der Waals surface area contributed by atoms with Gasteiger partial charge in [-0.05, 0) is 62.8 Å². The van der Waals surface area contributed by atoms with Crippen LogP contribution in [0.2, 0.25) is 0 Å². The Morgan fingerprint density at radius 2 is 2.00 bits per heavy atom. The average Bonchev–Trinajstić information content (AvgIpc) is 3.26. The first-order valence-corrected chi connectivity index (χ1v) is 12.5. The number of hydrogen-bond donors (Lipinski definition) is 1. The van der Waals surface area contributed by atoms with Crippen LogP contribution in [0.1, 0.15) is 67.6 Å². The Hall–Kier alpha value is -3.86. The van der Waals surface area contributed by atoms with E-state index in [-0.39, 0.29) is 24.1 Å². The first kappa shape index (κ1) is 23.9. The zero-order valence-electron chi connectivity index (χ0n) is 20.6. The van der Waals surface area contributed by atoms with Gasteiger partial charge in [0.25, 0.3) is 0 Å². The molecule has 8 nitrogen and oxygen atoms in total. The van der Waals surface area contributed by atoms with Crippen LogP contribution in [-0.2, 0) is 22.4 Å². The van der Waals surface area contributed by atoms with Crippen LogP contribution in [0.5, 0.6) is 0 Å². The molecule has 1 fully saturated rings. The summed E-state index contributed by atoms with van der Waals surface area (Å²) in [5, 5.41) is 19.4. The van der Waals surface area contributed by atoms with E-state index >= 15 is 0 Å². The molecule has 3 atom stereocenters. The lowest BCUT2D eigenvalue weighted by Crippen LogP contribution is -2.42. The first-order chi connectivity index (χ1) is 17.4. The minimum Gasteiger partial charge on any atom is -0.481 e. The Morgan fingerprint density at radius 1 is 1.19 bits per heavy atom. The molecule has 2 aromatic carbocycles. The van der Waals surface area contributed by atoms with Crippen LogP contribution in [-0.4, -0.2) is 39.9 Å². The number of nitrogens with zero attached hydrogens (tertiary/aromatic N) is 4. The fraction of sp³-hybridized carbons (Fsp3) is 0.429. The molecule has 1 aliphatic heterocycles. The van der Waals surface area contributed by atoms with Crippen molar-refractivity contribution in [3.05, 3.63) is 58.9 Å². The quantitative estimate of drug-likeness (QED) is 0.541. The number of nitriles is 1. The van der Waals surface area contributed by atoms with E-state index < -0.39 is 5.97 Å². The van der Waals surface area contributed by atoms with Gasteiger partial charge in [-0.15, -0.1) is 0 Å². The minimum atomic E-state index is -0.749. The third-order valence-electron chi connectivity index (χ3n) is 7.75. The summed E-state index contributed by atoms with van der Waals surface area (Å²) >= 11 is 0. The number of carboxylic acid groups (broad SMARTS) is 1. The monoisotopic (exact) mass is 486 g/mol. The van der Waals surface area contributed by atoms with Crippen LogP contribution >= 0.6 is 0 Å². The van der Waals surface area contributed by atoms with Crippen LogP contribution in [0.3, 0.4) is 0 Å². The average molecular weight is 487 g/mol. The summed E-state index contributed by atoms with van der Waals surface area (Å²) in [7, 11) is 1.39. The number of carbonyl (C=O) groups is 2. The van der Waals surface area contributed by atoms with Gasteiger partial charge >= 0.3 is 12.1 Å². The summed E-state index contributed by atoms with van der Waals surface area (Å²) in [4.78, 5) is 31.2. The fourth-order valence-corrected chi connectivity index (χ4v) is 5.93. The summed E-state index contributed by atoms with van der Waals surface area (Å²) in [5.74, 6) is -0.310. The third kappa shape index (κ3) is 4.09.